The Kier molecular flexibility index (Phi) is 4.57. The summed E-state index contributed by atoms with van der Waals surface area (Å²) < 4.78 is 22.4. The minimum Gasteiger partial charge on any atom is -0.387 e. The number of likely N-dealkylation sites (tertiary alicyclic amines) is 1. The smallest absolute Gasteiger partial charge is 0.253 e. The van der Waals surface area contributed by atoms with Crippen LogP contribution in [-0.2, 0) is 10.0 Å². The second kappa shape index (κ2) is 5.96. The maximum atomic E-state index is 12.4. The van der Waals surface area contributed by atoms with Crippen LogP contribution < -0.4 is 5.14 Å². The first-order chi connectivity index (χ1) is 10.1. The highest BCUT2D eigenvalue weighted by Crippen LogP contribution is 2.23. The van der Waals surface area contributed by atoms with Gasteiger partial charge in [0.05, 0.1) is 17.0 Å². The summed E-state index contributed by atoms with van der Waals surface area (Å²) in [6.45, 7) is 1.22. The van der Waals surface area contributed by atoms with Crippen LogP contribution in [0.4, 0.5) is 0 Å². The van der Waals surface area contributed by atoms with Crippen molar-refractivity contribution >= 4 is 15.9 Å². The average molecular weight is 327 g/mol. The molecule has 1 aliphatic rings. The number of nitrogens with zero attached hydrogens (tertiary/aromatic N) is 2. The first-order valence-electron chi connectivity index (χ1n) is 6.90. The number of amides is 1. The van der Waals surface area contributed by atoms with E-state index in [-0.39, 0.29) is 17.3 Å². The summed E-state index contributed by atoms with van der Waals surface area (Å²) in [6, 6.07) is 5.49. The van der Waals surface area contributed by atoms with Crippen molar-refractivity contribution in [3.63, 3.8) is 0 Å². The fourth-order valence-corrected chi connectivity index (χ4v) is 3.23. The summed E-state index contributed by atoms with van der Waals surface area (Å²) in [6.07, 6.45) is 0.520. The molecule has 0 radical (unpaired) electrons. The van der Waals surface area contributed by atoms with Crippen LogP contribution in [-0.4, -0.2) is 68.6 Å². The van der Waals surface area contributed by atoms with E-state index in [2.05, 4.69) is 0 Å². The van der Waals surface area contributed by atoms with Crippen LogP contribution in [0.3, 0.4) is 0 Å². The molecule has 1 amide bonds. The number of primary sulfonamides is 1. The lowest BCUT2D eigenvalue weighted by Gasteiger charge is -2.26. The zero-order chi connectivity index (χ0) is 16.5. The van der Waals surface area contributed by atoms with Crippen molar-refractivity contribution in [2.24, 2.45) is 5.14 Å². The summed E-state index contributed by atoms with van der Waals surface area (Å²) >= 11 is 0. The fourth-order valence-electron chi connectivity index (χ4n) is 2.72. The van der Waals surface area contributed by atoms with Crippen molar-refractivity contribution in [3.8, 4) is 0 Å². The summed E-state index contributed by atoms with van der Waals surface area (Å²) in [5, 5.41) is 15.5. The van der Waals surface area contributed by atoms with Crippen molar-refractivity contribution in [2.75, 3.05) is 33.7 Å². The molecular formula is C14H21N3O4S. The van der Waals surface area contributed by atoms with Gasteiger partial charge in [-0.25, -0.2) is 13.6 Å². The molecule has 0 aliphatic carbocycles. The van der Waals surface area contributed by atoms with Gasteiger partial charge in [-0.15, -0.1) is 0 Å². The van der Waals surface area contributed by atoms with Crippen molar-refractivity contribution in [2.45, 2.75) is 16.9 Å². The molecule has 7 nitrogen and oxygen atoms in total. The molecule has 1 aromatic carbocycles. The Labute approximate surface area is 130 Å². The number of hydrogen-bond donors (Lipinski definition) is 2. The van der Waals surface area contributed by atoms with E-state index in [9.17, 15) is 18.3 Å². The number of nitrogens with two attached hydrogens (primary N) is 1. The van der Waals surface area contributed by atoms with Gasteiger partial charge < -0.3 is 14.9 Å². The second-order valence-electron chi connectivity index (χ2n) is 6.01. The Morgan fingerprint density at radius 3 is 2.45 bits per heavy atom. The Morgan fingerprint density at radius 2 is 1.95 bits per heavy atom. The van der Waals surface area contributed by atoms with Crippen molar-refractivity contribution < 1.29 is 18.3 Å². The van der Waals surface area contributed by atoms with E-state index in [0.717, 1.165) is 0 Å². The molecule has 22 heavy (non-hydrogen) atoms. The van der Waals surface area contributed by atoms with Crippen molar-refractivity contribution in [1.29, 1.82) is 0 Å². The summed E-state index contributed by atoms with van der Waals surface area (Å²) in [4.78, 5) is 15.8. The number of carbonyl (C=O) groups is 1. The van der Waals surface area contributed by atoms with Crippen LogP contribution in [0.1, 0.15) is 16.8 Å². The van der Waals surface area contributed by atoms with E-state index < -0.39 is 15.6 Å². The molecule has 1 heterocycles. The van der Waals surface area contributed by atoms with Gasteiger partial charge >= 0.3 is 0 Å². The highest BCUT2D eigenvalue weighted by atomic mass is 32.2. The molecule has 1 fully saturated rings. The first-order valence-corrected chi connectivity index (χ1v) is 8.45. The Balaban J connectivity index is 2.10. The molecule has 1 aliphatic heterocycles. The van der Waals surface area contributed by atoms with Gasteiger partial charge in [0, 0.05) is 18.7 Å². The Bertz CT molecular complexity index is 657. The molecule has 3 N–H and O–H groups in total. The van der Waals surface area contributed by atoms with E-state index in [1.165, 1.54) is 24.3 Å². The second-order valence-corrected chi connectivity index (χ2v) is 7.57. The Morgan fingerprint density at radius 1 is 1.36 bits per heavy atom. The predicted octanol–water partition coefficient (Wildman–Crippen LogP) is -0.527. The van der Waals surface area contributed by atoms with Gasteiger partial charge in [-0.05, 0) is 44.8 Å². The summed E-state index contributed by atoms with van der Waals surface area (Å²) in [7, 11) is -0.0278. The maximum absolute atomic E-state index is 12.4. The quantitative estimate of drug-likeness (QED) is 0.774. The fraction of sp³-hybridized carbons (Fsp3) is 0.500. The van der Waals surface area contributed by atoms with E-state index in [1.807, 2.05) is 19.0 Å². The topological polar surface area (TPSA) is 104 Å². The van der Waals surface area contributed by atoms with Gasteiger partial charge in [-0.2, -0.15) is 0 Å². The molecule has 0 saturated carbocycles. The standard InChI is InChI=1S/C14H21N3O4S/c1-16(2)9-14(19)7-8-17(10-14)13(18)11-3-5-12(6-4-11)22(15,20)21/h3-6,19H,7-10H2,1-2H3,(H2,15,20,21)/t14-/m0/s1. The van der Waals surface area contributed by atoms with Gasteiger partial charge in [0.15, 0.2) is 0 Å². The number of hydrogen-bond acceptors (Lipinski definition) is 5. The van der Waals surface area contributed by atoms with Crippen molar-refractivity contribution in [3.05, 3.63) is 29.8 Å². The van der Waals surface area contributed by atoms with Crippen LogP contribution in [0.15, 0.2) is 29.2 Å². The van der Waals surface area contributed by atoms with E-state index >= 15 is 0 Å². The molecule has 1 aromatic rings. The van der Waals surface area contributed by atoms with Gasteiger partial charge in [0.1, 0.15) is 0 Å². The highest BCUT2D eigenvalue weighted by molar-refractivity contribution is 7.89. The maximum Gasteiger partial charge on any atom is 0.253 e. The minimum absolute atomic E-state index is 0.0328. The van der Waals surface area contributed by atoms with E-state index in [0.29, 0.717) is 25.1 Å². The van der Waals surface area contributed by atoms with Crippen LogP contribution in [0.2, 0.25) is 0 Å². The number of rotatable bonds is 4. The number of carbonyl (C=O) groups excluding carboxylic acids is 1. The van der Waals surface area contributed by atoms with E-state index in [4.69, 9.17) is 5.14 Å². The monoisotopic (exact) mass is 327 g/mol. The molecule has 0 aromatic heterocycles. The lowest BCUT2D eigenvalue weighted by Crippen LogP contribution is -2.43. The summed E-state index contributed by atoms with van der Waals surface area (Å²) in [5.41, 5.74) is -0.527. The van der Waals surface area contributed by atoms with Gasteiger partial charge in [-0.1, -0.05) is 0 Å². The third kappa shape index (κ3) is 3.83. The molecular weight excluding hydrogens is 306 g/mol. The lowest BCUT2D eigenvalue weighted by molar-refractivity contribution is 0.0236. The third-order valence-corrected chi connectivity index (χ3v) is 4.59. The SMILES string of the molecule is CN(C)C[C@@]1(O)CCN(C(=O)c2ccc(S(N)(=O)=O)cc2)C1. The van der Waals surface area contributed by atoms with Crippen LogP contribution in [0, 0.1) is 0 Å². The minimum atomic E-state index is -3.77. The molecule has 122 valence electrons. The van der Waals surface area contributed by atoms with Crippen LogP contribution in [0.25, 0.3) is 0 Å². The van der Waals surface area contributed by atoms with Gasteiger partial charge in [0.25, 0.3) is 5.91 Å². The molecule has 1 atom stereocenters. The van der Waals surface area contributed by atoms with Gasteiger partial charge in [-0.3, -0.25) is 4.79 Å². The lowest BCUT2D eigenvalue weighted by atomic mass is 10.0. The third-order valence-electron chi connectivity index (χ3n) is 3.66. The first kappa shape index (κ1) is 16.9. The van der Waals surface area contributed by atoms with Crippen LogP contribution in [0.5, 0.6) is 0 Å². The largest absolute Gasteiger partial charge is 0.387 e. The molecule has 0 bridgehead atoms. The number of aliphatic hydroxyl groups is 1. The van der Waals surface area contributed by atoms with Crippen molar-refractivity contribution in [1.82, 2.24) is 9.80 Å². The zero-order valence-corrected chi connectivity index (χ0v) is 13.5. The average Bonchev–Trinajstić information content (AvgIpc) is 2.78. The highest BCUT2D eigenvalue weighted by Gasteiger charge is 2.38. The molecule has 1 saturated heterocycles. The molecule has 0 unspecified atom stereocenters. The zero-order valence-electron chi connectivity index (χ0n) is 12.7. The Hall–Kier alpha value is -1.48. The molecule has 8 heteroatoms. The number of sulfonamides is 1. The van der Waals surface area contributed by atoms with E-state index in [1.54, 1.807) is 4.90 Å². The normalized spacial score (nSPS) is 22.3. The van der Waals surface area contributed by atoms with Crippen LogP contribution >= 0.6 is 0 Å². The summed E-state index contributed by atoms with van der Waals surface area (Å²) in [5.74, 6) is -0.226. The number of β-amino-alcohol motifs (C(OH)–C–C–N with tert-alkyl or cyclic N) is 1. The number of benzene rings is 1. The number of likely N-dealkylation sites (N-methyl/N-ethyl adjacent to an activating group) is 1. The molecule has 2 rings (SSSR count). The van der Waals surface area contributed by atoms with Gasteiger partial charge in [0.2, 0.25) is 10.0 Å². The molecule has 0 spiro atoms. The predicted molar refractivity (Wildman–Crippen MR) is 81.8 cm³/mol.